The number of carbonyl (C=O) groups excluding carboxylic acids is 1. The van der Waals surface area contributed by atoms with Crippen molar-refractivity contribution in [1.82, 2.24) is 5.32 Å². The Morgan fingerprint density at radius 3 is 2.65 bits per heavy atom. The number of nitrogens with one attached hydrogen (secondary N) is 1. The Morgan fingerprint density at radius 2 is 1.96 bits per heavy atom. The van der Waals surface area contributed by atoms with Gasteiger partial charge in [0.05, 0.1) is 10.8 Å². The van der Waals surface area contributed by atoms with Crippen LogP contribution in [-0.4, -0.2) is 33.7 Å². The Kier molecular flexibility index (Phi) is 4.10. The Morgan fingerprint density at radius 1 is 1.22 bits per heavy atom. The van der Waals surface area contributed by atoms with E-state index in [1.165, 1.54) is 6.92 Å². The van der Waals surface area contributed by atoms with Crippen LogP contribution < -0.4 is 20.2 Å². The highest BCUT2D eigenvalue weighted by atomic mass is 28.3. The van der Waals surface area contributed by atoms with Gasteiger partial charge in [-0.05, 0) is 18.6 Å². The molecule has 0 atom stereocenters. The van der Waals surface area contributed by atoms with Crippen molar-refractivity contribution in [3.63, 3.8) is 0 Å². The maximum Gasteiger partial charge on any atom is 0.216 e. The van der Waals surface area contributed by atoms with E-state index >= 15 is 0 Å². The lowest BCUT2D eigenvalue weighted by atomic mass is 10.1. The second-order valence-electron chi connectivity index (χ2n) is 6.86. The monoisotopic (exact) mass is 333 g/mol. The van der Waals surface area contributed by atoms with Gasteiger partial charge in [0.2, 0.25) is 5.91 Å². The van der Waals surface area contributed by atoms with Gasteiger partial charge >= 0.3 is 0 Å². The molecule has 0 fully saturated rings. The number of amides is 1. The van der Waals surface area contributed by atoms with E-state index in [0.29, 0.717) is 19.8 Å². The lowest BCUT2D eigenvalue weighted by Crippen LogP contribution is -2.39. The first-order valence-corrected chi connectivity index (χ1v) is 11.5. The first-order valence-electron chi connectivity index (χ1n) is 7.97. The zero-order valence-electron chi connectivity index (χ0n) is 14.1. The summed E-state index contributed by atoms with van der Waals surface area (Å²) in [6, 6.07) is 3.86. The van der Waals surface area contributed by atoms with Crippen LogP contribution in [0.2, 0.25) is 19.6 Å². The molecule has 1 N–H and O–H groups in total. The molecular formula is C17H23NO4Si. The highest BCUT2D eigenvalue weighted by Crippen LogP contribution is 2.40. The maximum atomic E-state index is 11.2. The van der Waals surface area contributed by atoms with E-state index in [1.807, 2.05) is 12.1 Å². The Hall–Kier alpha value is -1.95. The van der Waals surface area contributed by atoms with Crippen molar-refractivity contribution >= 4 is 30.3 Å². The Bertz CT molecular complexity index is 745. The van der Waals surface area contributed by atoms with Crippen LogP contribution in [0.4, 0.5) is 0 Å². The van der Waals surface area contributed by atoms with E-state index in [-0.39, 0.29) is 5.91 Å². The quantitative estimate of drug-likeness (QED) is 0.873. The number of benzene rings is 1. The summed E-state index contributed by atoms with van der Waals surface area (Å²) < 4.78 is 17.8. The van der Waals surface area contributed by atoms with E-state index < -0.39 is 8.07 Å². The number of ether oxygens (including phenoxy) is 2. The van der Waals surface area contributed by atoms with E-state index in [2.05, 4.69) is 25.0 Å². The van der Waals surface area contributed by atoms with Crippen molar-refractivity contribution in [2.24, 2.45) is 0 Å². The summed E-state index contributed by atoms with van der Waals surface area (Å²) in [5, 5.41) is 4.94. The lowest BCUT2D eigenvalue weighted by molar-refractivity contribution is -0.118. The second kappa shape index (κ2) is 5.92. The third kappa shape index (κ3) is 3.08. The van der Waals surface area contributed by atoms with Crippen LogP contribution in [0, 0.1) is 0 Å². The molecule has 23 heavy (non-hydrogen) atoms. The minimum absolute atomic E-state index is 0.0195. The normalized spacial score (nSPS) is 14.1. The number of hydrogen-bond donors (Lipinski definition) is 1. The molecule has 2 heterocycles. The summed E-state index contributed by atoms with van der Waals surface area (Å²) in [7, 11) is -1.66. The van der Waals surface area contributed by atoms with Gasteiger partial charge in [-0.15, -0.1) is 0 Å². The van der Waals surface area contributed by atoms with Crippen LogP contribution in [0.15, 0.2) is 16.5 Å². The topological polar surface area (TPSA) is 60.7 Å². The molecule has 6 heteroatoms. The molecule has 0 spiro atoms. The average Bonchev–Trinajstić information content (AvgIpc) is 2.86. The fourth-order valence-electron chi connectivity index (χ4n) is 2.96. The van der Waals surface area contributed by atoms with Crippen LogP contribution in [0.25, 0.3) is 11.0 Å². The fraction of sp³-hybridized carbons (Fsp3) is 0.471. The van der Waals surface area contributed by atoms with E-state index in [1.54, 1.807) is 0 Å². The van der Waals surface area contributed by atoms with Gasteiger partial charge in [0.25, 0.3) is 0 Å². The molecule has 0 radical (unpaired) electrons. The summed E-state index contributed by atoms with van der Waals surface area (Å²) in [4.78, 5) is 11.2. The third-order valence-electron chi connectivity index (χ3n) is 3.89. The molecule has 5 nitrogen and oxygen atoms in total. The van der Waals surface area contributed by atoms with Gasteiger partial charge in [0.1, 0.15) is 26.9 Å². The molecule has 3 rings (SSSR count). The number of furan rings is 1. The maximum absolute atomic E-state index is 11.2. The van der Waals surface area contributed by atoms with E-state index in [9.17, 15) is 4.79 Å². The van der Waals surface area contributed by atoms with Gasteiger partial charge in [0, 0.05) is 19.0 Å². The molecule has 1 aromatic heterocycles. The number of hydrogen-bond acceptors (Lipinski definition) is 4. The molecule has 1 aliphatic rings. The summed E-state index contributed by atoms with van der Waals surface area (Å²) in [5.74, 6) is 1.53. The van der Waals surface area contributed by atoms with Crippen LogP contribution in [0.5, 0.6) is 11.5 Å². The highest BCUT2D eigenvalue weighted by Gasteiger charge is 2.30. The molecule has 2 aromatic rings. The van der Waals surface area contributed by atoms with Crippen LogP contribution in [-0.2, 0) is 11.2 Å². The van der Waals surface area contributed by atoms with Crippen molar-refractivity contribution in [3.8, 4) is 11.5 Å². The summed E-state index contributed by atoms with van der Waals surface area (Å²) in [6.07, 6.45) is 0.728. The molecule has 0 bridgehead atoms. The Balaban J connectivity index is 2.12. The van der Waals surface area contributed by atoms with Gasteiger partial charge in [0.15, 0.2) is 11.5 Å². The molecule has 0 unspecified atom stereocenters. The van der Waals surface area contributed by atoms with Crippen molar-refractivity contribution in [2.45, 2.75) is 33.0 Å². The van der Waals surface area contributed by atoms with E-state index in [0.717, 1.165) is 39.8 Å². The van der Waals surface area contributed by atoms with Crippen molar-refractivity contribution < 1.29 is 18.7 Å². The smallest absolute Gasteiger partial charge is 0.216 e. The van der Waals surface area contributed by atoms with Gasteiger partial charge in [-0.25, -0.2) is 0 Å². The SMILES string of the molecule is CC(=O)NCCc1c([Si](C)(C)C)oc2ccc3c(c12)OCCO3. The zero-order chi connectivity index (χ0) is 16.6. The van der Waals surface area contributed by atoms with Crippen LogP contribution in [0.3, 0.4) is 0 Å². The summed E-state index contributed by atoms with van der Waals surface area (Å²) in [6.45, 7) is 10.0. The van der Waals surface area contributed by atoms with Crippen molar-refractivity contribution in [2.75, 3.05) is 19.8 Å². The minimum atomic E-state index is -1.66. The highest BCUT2D eigenvalue weighted by molar-refractivity contribution is 6.88. The molecule has 0 saturated heterocycles. The van der Waals surface area contributed by atoms with Crippen LogP contribution in [0.1, 0.15) is 12.5 Å². The third-order valence-corrected chi connectivity index (χ3v) is 5.65. The second-order valence-corrected chi connectivity index (χ2v) is 11.8. The fourth-order valence-corrected chi connectivity index (χ4v) is 4.53. The summed E-state index contributed by atoms with van der Waals surface area (Å²) >= 11 is 0. The average molecular weight is 333 g/mol. The molecule has 1 aliphatic heterocycles. The molecule has 124 valence electrons. The predicted octanol–water partition coefficient (Wildman–Crippen LogP) is 2.43. The predicted molar refractivity (Wildman–Crippen MR) is 92.6 cm³/mol. The first kappa shape index (κ1) is 15.9. The van der Waals surface area contributed by atoms with Crippen LogP contribution >= 0.6 is 0 Å². The molecule has 1 amide bonds. The summed E-state index contributed by atoms with van der Waals surface area (Å²) in [5.41, 5.74) is 1.99. The van der Waals surface area contributed by atoms with Gasteiger partial charge < -0.3 is 19.2 Å². The molecule has 1 aromatic carbocycles. The number of carbonyl (C=O) groups is 1. The van der Waals surface area contributed by atoms with E-state index in [4.69, 9.17) is 13.9 Å². The number of fused-ring (bicyclic) bond motifs is 3. The lowest BCUT2D eigenvalue weighted by Gasteiger charge is -2.19. The Labute approximate surface area is 137 Å². The largest absolute Gasteiger partial charge is 0.486 e. The van der Waals surface area contributed by atoms with Gasteiger partial charge in [-0.2, -0.15) is 0 Å². The van der Waals surface area contributed by atoms with Gasteiger partial charge in [-0.3, -0.25) is 4.79 Å². The molecule has 0 aliphatic carbocycles. The van der Waals surface area contributed by atoms with Crippen molar-refractivity contribution in [1.29, 1.82) is 0 Å². The minimum Gasteiger partial charge on any atom is -0.486 e. The number of rotatable bonds is 4. The zero-order valence-corrected chi connectivity index (χ0v) is 15.1. The van der Waals surface area contributed by atoms with Crippen molar-refractivity contribution in [3.05, 3.63) is 17.7 Å². The first-order chi connectivity index (χ1) is 10.9. The molecule has 0 saturated carbocycles. The van der Waals surface area contributed by atoms with Gasteiger partial charge in [-0.1, -0.05) is 19.6 Å². The standard InChI is InChI=1S/C17H23NO4Si/c1-11(19)18-8-7-12-15-13(22-17(12)23(2,3)4)5-6-14-16(15)21-10-9-20-14/h5-6H,7-10H2,1-4H3,(H,18,19). The molecular weight excluding hydrogens is 310 g/mol.